The van der Waals surface area contributed by atoms with Gasteiger partial charge in [0.25, 0.3) is 0 Å². The van der Waals surface area contributed by atoms with Crippen LogP contribution in [0.3, 0.4) is 0 Å². The van der Waals surface area contributed by atoms with Gasteiger partial charge in [-0.3, -0.25) is 0 Å². The van der Waals surface area contributed by atoms with E-state index < -0.39 is 0 Å². The molecular weight excluding hydrogens is 176 g/mol. The Morgan fingerprint density at radius 1 is 1.36 bits per heavy atom. The molecule has 0 amide bonds. The summed E-state index contributed by atoms with van der Waals surface area (Å²) in [5.41, 5.74) is 0. The van der Waals surface area contributed by atoms with Gasteiger partial charge >= 0.3 is 5.97 Å². The van der Waals surface area contributed by atoms with Crippen molar-refractivity contribution in [3.63, 3.8) is 0 Å². The van der Waals surface area contributed by atoms with Gasteiger partial charge in [0.1, 0.15) is 0 Å². The molecule has 0 saturated carbocycles. The maximum atomic E-state index is 10.6. The van der Waals surface area contributed by atoms with Gasteiger partial charge < -0.3 is 4.74 Å². The fourth-order valence-corrected chi connectivity index (χ4v) is 0.949. The van der Waals surface area contributed by atoms with Gasteiger partial charge in [-0.25, -0.2) is 4.79 Å². The summed E-state index contributed by atoms with van der Waals surface area (Å²) >= 11 is 0. The smallest absolute Gasteiger partial charge is 0.331 e. The molecule has 0 N–H and O–H groups in total. The highest BCUT2D eigenvalue weighted by molar-refractivity contribution is 5.82. The van der Waals surface area contributed by atoms with Crippen LogP contribution in [0.4, 0.5) is 0 Å². The highest BCUT2D eigenvalue weighted by Gasteiger charge is 1.86. The molecule has 0 spiro atoms. The third-order valence-corrected chi connectivity index (χ3v) is 1.76. The minimum atomic E-state index is -0.356. The van der Waals surface area contributed by atoms with Crippen LogP contribution in [0.5, 0.6) is 0 Å². The second kappa shape index (κ2) is 9.85. The van der Waals surface area contributed by atoms with E-state index in [0.717, 1.165) is 12.8 Å². The summed E-state index contributed by atoms with van der Waals surface area (Å²) in [7, 11) is 1.35. The van der Waals surface area contributed by atoms with Crippen LogP contribution >= 0.6 is 0 Å². The number of hydrogen-bond donors (Lipinski definition) is 0. The van der Waals surface area contributed by atoms with Gasteiger partial charge in [0, 0.05) is 12.5 Å². The molecule has 0 aliphatic rings. The minimum Gasteiger partial charge on any atom is -0.466 e. The lowest BCUT2D eigenvalue weighted by molar-refractivity contribution is -0.134. The molecule has 0 atom stereocenters. The van der Waals surface area contributed by atoms with Gasteiger partial charge in [-0.1, -0.05) is 38.0 Å². The molecule has 0 heterocycles. The van der Waals surface area contributed by atoms with Crippen LogP contribution in [-0.4, -0.2) is 13.1 Å². The maximum absolute atomic E-state index is 10.6. The average Bonchev–Trinajstić information content (AvgIpc) is 2.21. The number of esters is 1. The van der Waals surface area contributed by atoms with E-state index in [1.807, 2.05) is 0 Å². The minimum absolute atomic E-state index is 0.356. The molecule has 0 aromatic heterocycles. The number of carbonyl (C=O) groups excluding carboxylic acids is 1. The molecular formula is C12H18O2. The van der Waals surface area contributed by atoms with Gasteiger partial charge in [-0.2, -0.15) is 0 Å². The lowest BCUT2D eigenvalue weighted by Crippen LogP contribution is -1.92. The standard InChI is InChI=1S/C12H18O2/c1-3-4-5-6-7-8-9-10-11-12(13)14-2/h10-11H,3-7H2,1-2H3/b11-10+. The number of methoxy groups -OCH3 is 1. The lowest BCUT2D eigenvalue weighted by atomic mass is 10.2. The molecule has 0 aromatic rings. The van der Waals surface area contributed by atoms with E-state index in [2.05, 4.69) is 23.5 Å². The van der Waals surface area contributed by atoms with E-state index in [-0.39, 0.29) is 5.97 Å². The van der Waals surface area contributed by atoms with E-state index in [1.165, 1.54) is 38.5 Å². The van der Waals surface area contributed by atoms with Crippen LogP contribution in [0.25, 0.3) is 0 Å². The summed E-state index contributed by atoms with van der Waals surface area (Å²) in [6.45, 7) is 2.19. The molecule has 14 heavy (non-hydrogen) atoms. The lowest BCUT2D eigenvalue weighted by Gasteiger charge is -1.91. The Morgan fingerprint density at radius 2 is 2.14 bits per heavy atom. The monoisotopic (exact) mass is 194 g/mol. The van der Waals surface area contributed by atoms with Crippen molar-refractivity contribution in [3.8, 4) is 11.8 Å². The molecule has 2 nitrogen and oxygen atoms in total. The quantitative estimate of drug-likeness (QED) is 0.291. The SMILES string of the molecule is CCCCCCC#C/C=C/C(=O)OC. The molecule has 0 aliphatic heterocycles. The second-order valence-electron chi connectivity index (χ2n) is 2.99. The van der Waals surface area contributed by atoms with Crippen LogP contribution in [-0.2, 0) is 9.53 Å². The van der Waals surface area contributed by atoms with Crippen molar-refractivity contribution in [3.05, 3.63) is 12.2 Å². The Hall–Kier alpha value is -1.23. The van der Waals surface area contributed by atoms with Gasteiger partial charge in [0.15, 0.2) is 0 Å². The highest BCUT2D eigenvalue weighted by Crippen LogP contribution is 2.00. The van der Waals surface area contributed by atoms with E-state index in [9.17, 15) is 4.79 Å². The molecule has 0 aliphatic carbocycles. The normalized spacial score (nSPS) is 9.57. The first-order valence-corrected chi connectivity index (χ1v) is 5.04. The molecule has 0 rings (SSSR count). The number of ether oxygens (including phenoxy) is 1. The Labute approximate surface area is 86.3 Å². The zero-order valence-electron chi connectivity index (χ0n) is 9.01. The summed E-state index contributed by atoms with van der Waals surface area (Å²) < 4.78 is 4.42. The zero-order valence-corrected chi connectivity index (χ0v) is 9.01. The molecule has 0 bridgehead atoms. The molecule has 2 heteroatoms. The number of unbranched alkanes of at least 4 members (excludes halogenated alkanes) is 4. The van der Waals surface area contributed by atoms with Gasteiger partial charge in [-0.15, -0.1) is 0 Å². The molecule has 0 unspecified atom stereocenters. The van der Waals surface area contributed by atoms with Crippen molar-refractivity contribution in [2.75, 3.05) is 7.11 Å². The van der Waals surface area contributed by atoms with Crippen molar-refractivity contribution >= 4 is 5.97 Å². The third-order valence-electron chi connectivity index (χ3n) is 1.76. The summed E-state index contributed by atoms with van der Waals surface area (Å²) in [6.07, 6.45) is 8.68. The Balaban J connectivity index is 3.43. The van der Waals surface area contributed by atoms with E-state index in [4.69, 9.17) is 0 Å². The summed E-state index contributed by atoms with van der Waals surface area (Å²) in [4.78, 5) is 10.6. The summed E-state index contributed by atoms with van der Waals surface area (Å²) in [5.74, 6) is 5.42. The largest absolute Gasteiger partial charge is 0.466 e. The summed E-state index contributed by atoms with van der Waals surface area (Å²) in [5, 5.41) is 0. The molecule has 0 aromatic carbocycles. The molecule has 0 fully saturated rings. The Morgan fingerprint density at radius 3 is 2.79 bits per heavy atom. The van der Waals surface area contributed by atoms with Crippen molar-refractivity contribution in [2.24, 2.45) is 0 Å². The van der Waals surface area contributed by atoms with Crippen molar-refractivity contribution < 1.29 is 9.53 Å². The fraction of sp³-hybridized carbons (Fsp3) is 0.583. The predicted molar refractivity (Wildman–Crippen MR) is 57.7 cm³/mol. The van der Waals surface area contributed by atoms with E-state index in [1.54, 1.807) is 0 Å². The van der Waals surface area contributed by atoms with Crippen molar-refractivity contribution in [2.45, 2.75) is 39.0 Å². The molecule has 78 valence electrons. The third kappa shape index (κ3) is 8.86. The predicted octanol–water partition coefficient (Wildman–Crippen LogP) is 2.69. The zero-order chi connectivity index (χ0) is 10.6. The van der Waals surface area contributed by atoms with Gasteiger partial charge in [0.05, 0.1) is 7.11 Å². The van der Waals surface area contributed by atoms with Gasteiger partial charge in [0.2, 0.25) is 0 Å². The first-order valence-electron chi connectivity index (χ1n) is 5.04. The van der Waals surface area contributed by atoms with Crippen LogP contribution < -0.4 is 0 Å². The highest BCUT2D eigenvalue weighted by atomic mass is 16.5. The number of hydrogen-bond acceptors (Lipinski definition) is 2. The number of allylic oxidation sites excluding steroid dienone is 1. The number of carbonyl (C=O) groups is 1. The molecule has 0 saturated heterocycles. The van der Waals surface area contributed by atoms with Crippen molar-refractivity contribution in [1.82, 2.24) is 0 Å². The van der Waals surface area contributed by atoms with Crippen LogP contribution in [0.2, 0.25) is 0 Å². The van der Waals surface area contributed by atoms with Crippen LogP contribution in [0, 0.1) is 11.8 Å². The fourth-order valence-electron chi connectivity index (χ4n) is 0.949. The Bertz CT molecular complexity index is 230. The maximum Gasteiger partial charge on any atom is 0.331 e. The van der Waals surface area contributed by atoms with Crippen molar-refractivity contribution in [1.29, 1.82) is 0 Å². The second-order valence-corrected chi connectivity index (χ2v) is 2.99. The molecule has 0 radical (unpaired) electrons. The topological polar surface area (TPSA) is 26.3 Å². The number of rotatable bonds is 5. The Kier molecular flexibility index (Phi) is 8.99. The van der Waals surface area contributed by atoms with E-state index in [0.29, 0.717) is 0 Å². The van der Waals surface area contributed by atoms with Crippen LogP contribution in [0.1, 0.15) is 39.0 Å². The van der Waals surface area contributed by atoms with E-state index >= 15 is 0 Å². The first-order chi connectivity index (χ1) is 6.81. The first kappa shape index (κ1) is 12.8. The van der Waals surface area contributed by atoms with Gasteiger partial charge in [-0.05, 0) is 12.5 Å². The average molecular weight is 194 g/mol. The van der Waals surface area contributed by atoms with Crippen LogP contribution in [0.15, 0.2) is 12.2 Å². The summed E-state index contributed by atoms with van der Waals surface area (Å²) in [6, 6.07) is 0.